The summed E-state index contributed by atoms with van der Waals surface area (Å²) in [5, 5.41) is 6.95. The minimum atomic E-state index is 0.380. The van der Waals surface area contributed by atoms with Gasteiger partial charge in [0.25, 0.3) is 0 Å². The zero-order chi connectivity index (χ0) is 13.8. The number of allylic oxidation sites excluding steroid dienone is 1. The molecule has 19 heavy (non-hydrogen) atoms. The van der Waals surface area contributed by atoms with Gasteiger partial charge in [-0.2, -0.15) is 5.10 Å². The van der Waals surface area contributed by atoms with Gasteiger partial charge in [0.1, 0.15) is 12.4 Å². The monoisotopic (exact) mass is 275 g/mol. The van der Waals surface area contributed by atoms with E-state index >= 15 is 0 Å². The molecule has 1 aromatic heterocycles. The molecule has 0 spiro atoms. The third-order valence-electron chi connectivity index (χ3n) is 2.85. The van der Waals surface area contributed by atoms with Gasteiger partial charge in [-0.15, -0.1) is 6.58 Å². The number of nitrogens with zero attached hydrogens (tertiary/aromatic N) is 2. The van der Waals surface area contributed by atoms with Crippen LogP contribution in [0.25, 0.3) is 0 Å². The maximum Gasteiger partial charge on any atom is 0.195 e. The van der Waals surface area contributed by atoms with Crippen LogP contribution >= 0.6 is 12.2 Å². The van der Waals surface area contributed by atoms with Crippen molar-refractivity contribution in [3.05, 3.63) is 52.6 Å². The molecule has 0 amide bonds. The van der Waals surface area contributed by atoms with Crippen molar-refractivity contribution in [2.45, 2.75) is 27.0 Å². The summed E-state index contributed by atoms with van der Waals surface area (Å²) in [5.41, 5.74) is 2.28. The van der Waals surface area contributed by atoms with Crippen LogP contribution in [0.15, 0.2) is 30.9 Å². The third-order valence-corrected chi connectivity index (χ3v) is 3.16. The number of rotatable bonds is 5. The Morgan fingerprint density at radius 2 is 2.26 bits per heavy atom. The normalized spacial score (nSPS) is 10.4. The lowest BCUT2D eigenvalue weighted by Gasteiger charge is -2.10. The van der Waals surface area contributed by atoms with Crippen LogP contribution in [0.4, 0.5) is 0 Å². The second kappa shape index (κ2) is 5.84. The van der Waals surface area contributed by atoms with Gasteiger partial charge in [-0.3, -0.25) is 9.67 Å². The molecule has 4 nitrogen and oxygen atoms in total. The van der Waals surface area contributed by atoms with Crippen LogP contribution in [0.5, 0.6) is 5.75 Å². The predicted octanol–water partition coefficient (Wildman–Crippen LogP) is 3.32. The summed E-state index contributed by atoms with van der Waals surface area (Å²) in [5.74, 6) is 1.64. The van der Waals surface area contributed by atoms with Crippen LogP contribution in [0.3, 0.4) is 0 Å². The van der Waals surface area contributed by atoms with Crippen LogP contribution in [0.1, 0.15) is 17.0 Å². The highest BCUT2D eigenvalue weighted by Crippen LogP contribution is 2.20. The minimum Gasteiger partial charge on any atom is -0.485 e. The number of H-pyrrole nitrogens is 1. The van der Waals surface area contributed by atoms with Gasteiger partial charge in [0.2, 0.25) is 0 Å². The molecule has 0 saturated carbocycles. The Kier molecular flexibility index (Phi) is 4.16. The molecule has 0 radical (unpaired) electrons. The Balaban J connectivity index is 2.16. The van der Waals surface area contributed by atoms with E-state index in [1.807, 2.05) is 30.5 Å². The van der Waals surface area contributed by atoms with Crippen molar-refractivity contribution in [2.75, 3.05) is 0 Å². The van der Waals surface area contributed by atoms with Crippen molar-refractivity contribution in [3.63, 3.8) is 0 Å². The number of hydrogen-bond acceptors (Lipinski definition) is 3. The fourth-order valence-corrected chi connectivity index (χ4v) is 2.01. The SMILES string of the molecule is C=CCn1c(COc2cc(C)ccc2C)n[nH]c1=S. The molecule has 0 bridgehead atoms. The van der Waals surface area contributed by atoms with Crippen molar-refractivity contribution in [1.29, 1.82) is 0 Å². The smallest absolute Gasteiger partial charge is 0.195 e. The Morgan fingerprint density at radius 3 is 3.00 bits per heavy atom. The van der Waals surface area contributed by atoms with Gasteiger partial charge < -0.3 is 4.74 Å². The van der Waals surface area contributed by atoms with Crippen LogP contribution in [0.2, 0.25) is 0 Å². The fourth-order valence-electron chi connectivity index (χ4n) is 1.78. The van der Waals surface area contributed by atoms with Gasteiger partial charge in [-0.05, 0) is 43.3 Å². The molecular formula is C14H17N3OS. The molecule has 0 aliphatic rings. The van der Waals surface area contributed by atoms with Crippen molar-refractivity contribution >= 4 is 12.2 Å². The van der Waals surface area contributed by atoms with Crippen molar-refractivity contribution in [1.82, 2.24) is 14.8 Å². The number of nitrogens with one attached hydrogen (secondary N) is 1. The molecule has 0 fully saturated rings. The first-order valence-electron chi connectivity index (χ1n) is 6.07. The molecule has 1 N–H and O–H groups in total. The topological polar surface area (TPSA) is 42.8 Å². The Hall–Kier alpha value is -1.88. The zero-order valence-corrected chi connectivity index (χ0v) is 12.0. The average molecular weight is 275 g/mol. The van der Waals surface area contributed by atoms with Crippen LogP contribution in [-0.2, 0) is 13.2 Å². The van der Waals surface area contributed by atoms with Crippen molar-refractivity contribution < 1.29 is 4.74 Å². The van der Waals surface area contributed by atoms with E-state index in [0.29, 0.717) is 17.9 Å². The minimum absolute atomic E-state index is 0.380. The number of aromatic amines is 1. The summed E-state index contributed by atoms with van der Waals surface area (Å²) in [7, 11) is 0. The zero-order valence-electron chi connectivity index (χ0n) is 11.1. The molecule has 100 valence electrons. The highest BCUT2D eigenvalue weighted by Gasteiger charge is 2.07. The molecule has 0 aliphatic heterocycles. The molecule has 5 heteroatoms. The standard InChI is InChI=1S/C14H17N3OS/c1-4-7-17-13(15-16-14(17)19)9-18-12-8-10(2)5-6-11(12)3/h4-6,8H,1,7,9H2,2-3H3,(H,16,19). The van der Waals surface area contributed by atoms with E-state index in [4.69, 9.17) is 17.0 Å². The van der Waals surface area contributed by atoms with E-state index in [-0.39, 0.29) is 0 Å². The van der Waals surface area contributed by atoms with Crippen molar-refractivity contribution in [2.24, 2.45) is 0 Å². The summed E-state index contributed by atoms with van der Waals surface area (Å²) >= 11 is 5.16. The van der Waals surface area contributed by atoms with Gasteiger partial charge in [0.05, 0.1) is 0 Å². The van der Waals surface area contributed by atoms with E-state index in [2.05, 4.69) is 22.8 Å². The lowest BCUT2D eigenvalue weighted by Crippen LogP contribution is -2.07. The Morgan fingerprint density at radius 1 is 1.47 bits per heavy atom. The fraction of sp³-hybridized carbons (Fsp3) is 0.286. The summed E-state index contributed by atoms with van der Waals surface area (Å²) in [6, 6.07) is 6.13. The first-order chi connectivity index (χ1) is 9.11. The molecule has 0 unspecified atom stereocenters. The van der Waals surface area contributed by atoms with Gasteiger partial charge in [0, 0.05) is 6.54 Å². The van der Waals surface area contributed by atoms with Crippen molar-refractivity contribution in [3.8, 4) is 5.75 Å². The largest absolute Gasteiger partial charge is 0.485 e. The Labute approximate surface area is 117 Å². The van der Waals surface area contributed by atoms with E-state index in [1.54, 1.807) is 6.08 Å². The quantitative estimate of drug-likeness (QED) is 0.672. The first kappa shape index (κ1) is 13.5. The molecule has 2 rings (SSSR count). The van der Waals surface area contributed by atoms with Gasteiger partial charge >= 0.3 is 0 Å². The van der Waals surface area contributed by atoms with E-state index < -0.39 is 0 Å². The van der Waals surface area contributed by atoms with E-state index in [1.165, 1.54) is 5.56 Å². The number of aryl methyl sites for hydroxylation is 2. The van der Waals surface area contributed by atoms with Crippen LogP contribution in [-0.4, -0.2) is 14.8 Å². The molecular weight excluding hydrogens is 258 g/mol. The van der Waals surface area contributed by atoms with Crippen LogP contribution < -0.4 is 4.74 Å². The summed E-state index contributed by atoms with van der Waals surface area (Å²) in [4.78, 5) is 0. The van der Waals surface area contributed by atoms with Gasteiger partial charge in [-0.25, -0.2) is 0 Å². The van der Waals surface area contributed by atoms with E-state index in [9.17, 15) is 0 Å². The number of aromatic nitrogens is 3. The number of hydrogen-bond donors (Lipinski definition) is 1. The van der Waals surface area contributed by atoms with Gasteiger partial charge in [0.15, 0.2) is 10.6 Å². The number of benzene rings is 1. The van der Waals surface area contributed by atoms with E-state index in [0.717, 1.165) is 17.1 Å². The molecule has 1 aromatic carbocycles. The number of ether oxygens (including phenoxy) is 1. The highest BCUT2D eigenvalue weighted by atomic mass is 32.1. The summed E-state index contributed by atoms with van der Waals surface area (Å²) in [6.07, 6.45) is 1.78. The molecule has 0 aliphatic carbocycles. The Bertz CT molecular complexity index is 642. The average Bonchev–Trinajstić information content (AvgIpc) is 2.73. The molecule has 1 heterocycles. The first-order valence-corrected chi connectivity index (χ1v) is 6.47. The molecule has 2 aromatic rings. The van der Waals surface area contributed by atoms with Crippen LogP contribution in [0, 0.1) is 18.6 Å². The highest BCUT2D eigenvalue weighted by molar-refractivity contribution is 7.71. The van der Waals surface area contributed by atoms with Gasteiger partial charge in [-0.1, -0.05) is 18.2 Å². The molecule has 0 saturated heterocycles. The second-order valence-electron chi connectivity index (χ2n) is 4.40. The second-order valence-corrected chi connectivity index (χ2v) is 4.79. The predicted molar refractivity (Wildman–Crippen MR) is 77.9 cm³/mol. The maximum absolute atomic E-state index is 5.82. The lowest BCUT2D eigenvalue weighted by molar-refractivity contribution is 0.288. The maximum atomic E-state index is 5.82. The lowest BCUT2D eigenvalue weighted by atomic mass is 10.1. The molecule has 0 atom stereocenters. The summed E-state index contributed by atoms with van der Waals surface area (Å²) < 4.78 is 8.27. The summed E-state index contributed by atoms with van der Waals surface area (Å²) in [6.45, 7) is 8.78. The third kappa shape index (κ3) is 3.12.